The molecule has 1 saturated heterocycles. The summed E-state index contributed by atoms with van der Waals surface area (Å²) in [6.45, 7) is 7.09. The van der Waals surface area contributed by atoms with Crippen molar-refractivity contribution >= 4 is 17.6 Å². The normalized spacial score (nSPS) is 23.5. The maximum Gasteiger partial charge on any atom is 0.132 e. The SMILES string of the molecule is CCCc1nc(N)c(C)c(SC2CCOC2C)n1. The Balaban J connectivity index is 2.20. The van der Waals surface area contributed by atoms with Crippen LogP contribution in [0.5, 0.6) is 0 Å². The lowest BCUT2D eigenvalue weighted by Gasteiger charge is -2.15. The molecule has 5 heteroatoms. The standard InChI is InChI=1S/C13H21N3OS/c1-4-5-11-15-12(14)8(2)13(16-11)18-10-6-7-17-9(10)3/h9-10H,4-7H2,1-3H3,(H2,14,15,16). The summed E-state index contributed by atoms with van der Waals surface area (Å²) in [6.07, 6.45) is 3.29. The van der Waals surface area contributed by atoms with Gasteiger partial charge < -0.3 is 10.5 Å². The van der Waals surface area contributed by atoms with Gasteiger partial charge in [-0.2, -0.15) is 0 Å². The summed E-state index contributed by atoms with van der Waals surface area (Å²) in [4.78, 5) is 8.98. The van der Waals surface area contributed by atoms with Crippen molar-refractivity contribution in [1.82, 2.24) is 9.97 Å². The van der Waals surface area contributed by atoms with Crippen LogP contribution in [0.4, 0.5) is 5.82 Å². The average Bonchev–Trinajstić information content (AvgIpc) is 2.72. The Bertz CT molecular complexity index is 425. The zero-order valence-corrected chi connectivity index (χ0v) is 12.1. The van der Waals surface area contributed by atoms with Gasteiger partial charge in [-0.3, -0.25) is 0 Å². The summed E-state index contributed by atoms with van der Waals surface area (Å²) >= 11 is 1.78. The number of ether oxygens (including phenoxy) is 1. The van der Waals surface area contributed by atoms with Crippen LogP contribution >= 0.6 is 11.8 Å². The van der Waals surface area contributed by atoms with Crippen LogP contribution in [-0.4, -0.2) is 27.9 Å². The Morgan fingerprint density at radius 2 is 2.22 bits per heavy atom. The molecule has 0 spiro atoms. The van der Waals surface area contributed by atoms with Crippen LogP contribution in [0.3, 0.4) is 0 Å². The first-order chi connectivity index (χ1) is 8.61. The van der Waals surface area contributed by atoms with Gasteiger partial charge in [0.1, 0.15) is 16.7 Å². The fourth-order valence-electron chi connectivity index (χ4n) is 2.02. The van der Waals surface area contributed by atoms with E-state index >= 15 is 0 Å². The van der Waals surface area contributed by atoms with E-state index in [4.69, 9.17) is 10.5 Å². The molecule has 0 bridgehead atoms. The molecule has 2 rings (SSSR count). The first-order valence-corrected chi connectivity index (χ1v) is 7.41. The van der Waals surface area contributed by atoms with E-state index in [2.05, 4.69) is 23.8 Å². The largest absolute Gasteiger partial charge is 0.383 e. The number of hydrogen-bond acceptors (Lipinski definition) is 5. The number of aromatic nitrogens is 2. The van der Waals surface area contributed by atoms with Gasteiger partial charge in [0.25, 0.3) is 0 Å². The van der Waals surface area contributed by atoms with Gasteiger partial charge in [-0.05, 0) is 26.7 Å². The quantitative estimate of drug-likeness (QED) is 0.850. The first kappa shape index (κ1) is 13.6. The topological polar surface area (TPSA) is 61.0 Å². The summed E-state index contributed by atoms with van der Waals surface area (Å²) in [5.74, 6) is 1.47. The number of rotatable bonds is 4. The third-order valence-electron chi connectivity index (χ3n) is 3.23. The van der Waals surface area contributed by atoms with E-state index in [1.54, 1.807) is 11.8 Å². The summed E-state index contributed by atoms with van der Waals surface area (Å²) in [5.41, 5.74) is 6.96. The lowest BCUT2D eigenvalue weighted by Crippen LogP contribution is -2.14. The van der Waals surface area contributed by atoms with Crippen molar-refractivity contribution < 1.29 is 4.74 Å². The first-order valence-electron chi connectivity index (χ1n) is 6.53. The number of nitrogens with two attached hydrogens (primary N) is 1. The van der Waals surface area contributed by atoms with Crippen molar-refractivity contribution in [3.05, 3.63) is 11.4 Å². The maximum absolute atomic E-state index is 5.96. The molecule has 2 N–H and O–H groups in total. The number of hydrogen-bond donors (Lipinski definition) is 1. The van der Waals surface area contributed by atoms with Crippen LogP contribution in [0.15, 0.2) is 5.03 Å². The fraction of sp³-hybridized carbons (Fsp3) is 0.692. The van der Waals surface area contributed by atoms with Gasteiger partial charge in [0.15, 0.2) is 0 Å². The summed E-state index contributed by atoms with van der Waals surface area (Å²) in [7, 11) is 0. The van der Waals surface area contributed by atoms with Gasteiger partial charge in [0.05, 0.1) is 6.10 Å². The Hall–Kier alpha value is -0.810. The van der Waals surface area contributed by atoms with E-state index in [9.17, 15) is 0 Å². The molecule has 0 radical (unpaired) electrons. The second-order valence-corrected chi connectivity index (χ2v) is 5.95. The minimum absolute atomic E-state index is 0.292. The van der Waals surface area contributed by atoms with E-state index in [0.717, 1.165) is 42.3 Å². The van der Waals surface area contributed by atoms with Crippen LogP contribution in [0.2, 0.25) is 0 Å². The molecule has 0 aromatic carbocycles. The van der Waals surface area contributed by atoms with Crippen LogP contribution in [0.25, 0.3) is 0 Å². The maximum atomic E-state index is 5.96. The summed E-state index contributed by atoms with van der Waals surface area (Å²) < 4.78 is 5.59. The number of anilines is 1. The molecule has 1 aliphatic heterocycles. The van der Waals surface area contributed by atoms with Crippen molar-refractivity contribution in [1.29, 1.82) is 0 Å². The Labute approximate surface area is 113 Å². The van der Waals surface area contributed by atoms with E-state index < -0.39 is 0 Å². The molecule has 0 saturated carbocycles. The highest BCUT2D eigenvalue weighted by molar-refractivity contribution is 8.00. The third kappa shape index (κ3) is 2.95. The molecule has 1 aromatic heterocycles. The molecular formula is C13H21N3OS. The molecule has 1 aliphatic rings. The van der Waals surface area contributed by atoms with Crippen molar-refractivity contribution in [2.75, 3.05) is 12.3 Å². The second-order valence-electron chi connectivity index (χ2n) is 4.73. The van der Waals surface area contributed by atoms with Crippen molar-refractivity contribution in [3.8, 4) is 0 Å². The summed E-state index contributed by atoms with van der Waals surface area (Å²) in [5, 5.41) is 1.50. The summed E-state index contributed by atoms with van der Waals surface area (Å²) in [6, 6.07) is 0. The number of thioether (sulfide) groups is 1. The fourth-order valence-corrected chi connectivity index (χ4v) is 3.23. The molecule has 0 amide bonds. The molecule has 2 heterocycles. The van der Waals surface area contributed by atoms with Gasteiger partial charge in [-0.25, -0.2) is 9.97 Å². The monoisotopic (exact) mass is 267 g/mol. The molecule has 18 heavy (non-hydrogen) atoms. The molecule has 2 unspecified atom stereocenters. The van der Waals surface area contributed by atoms with Gasteiger partial charge in [0.2, 0.25) is 0 Å². The molecule has 0 aliphatic carbocycles. The zero-order valence-electron chi connectivity index (χ0n) is 11.3. The molecule has 4 nitrogen and oxygen atoms in total. The average molecular weight is 267 g/mol. The smallest absolute Gasteiger partial charge is 0.132 e. The highest BCUT2D eigenvalue weighted by Gasteiger charge is 2.26. The third-order valence-corrected chi connectivity index (χ3v) is 4.77. The highest BCUT2D eigenvalue weighted by Crippen LogP contribution is 2.34. The van der Waals surface area contributed by atoms with Crippen LogP contribution in [-0.2, 0) is 11.2 Å². The van der Waals surface area contributed by atoms with Crippen LogP contribution < -0.4 is 5.73 Å². The van der Waals surface area contributed by atoms with E-state index in [1.165, 1.54) is 0 Å². The minimum Gasteiger partial charge on any atom is -0.383 e. The predicted octanol–water partition coefficient (Wildman–Crippen LogP) is 2.59. The molecule has 100 valence electrons. The van der Waals surface area contributed by atoms with Crippen molar-refractivity contribution in [2.45, 2.75) is 56.4 Å². The van der Waals surface area contributed by atoms with Gasteiger partial charge in [-0.15, -0.1) is 0 Å². The van der Waals surface area contributed by atoms with Gasteiger partial charge in [-0.1, -0.05) is 18.7 Å². The number of aryl methyl sites for hydroxylation is 1. The van der Waals surface area contributed by atoms with Gasteiger partial charge >= 0.3 is 0 Å². The Kier molecular flexibility index (Phi) is 4.45. The molecule has 2 atom stereocenters. The zero-order chi connectivity index (χ0) is 13.1. The van der Waals surface area contributed by atoms with Crippen molar-refractivity contribution in [2.24, 2.45) is 0 Å². The Morgan fingerprint density at radius 1 is 1.44 bits per heavy atom. The number of nitrogens with zero attached hydrogens (tertiary/aromatic N) is 2. The molecular weight excluding hydrogens is 246 g/mol. The lowest BCUT2D eigenvalue weighted by atomic mass is 10.3. The van der Waals surface area contributed by atoms with Crippen LogP contribution in [0, 0.1) is 6.92 Å². The highest BCUT2D eigenvalue weighted by atomic mass is 32.2. The van der Waals surface area contributed by atoms with E-state index in [0.29, 0.717) is 17.2 Å². The van der Waals surface area contributed by atoms with Crippen LogP contribution in [0.1, 0.15) is 38.1 Å². The lowest BCUT2D eigenvalue weighted by molar-refractivity contribution is 0.127. The Morgan fingerprint density at radius 3 is 2.83 bits per heavy atom. The number of nitrogen functional groups attached to an aromatic ring is 1. The molecule has 1 aromatic rings. The van der Waals surface area contributed by atoms with Gasteiger partial charge in [0, 0.05) is 23.8 Å². The van der Waals surface area contributed by atoms with E-state index in [1.807, 2.05) is 6.92 Å². The predicted molar refractivity (Wildman–Crippen MR) is 74.9 cm³/mol. The molecule has 1 fully saturated rings. The second kappa shape index (κ2) is 5.89. The minimum atomic E-state index is 0.292. The van der Waals surface area contributed by atoms with E-state index in [-0.39, 0.29) is 0 Å². The van der Waals surface area contributed by atoms with Crippen molar-refractivity contribution in [3.63, 3.8) is 0 Å².